The molecule has 0 aromatic heterocycles. The van der Waals surface area contributed by atoms with Gasteiger partial charge in [-0.3, -0.25) is 0 Å². The van der Waals surface area contributed by atoms with Crippen LogP contribution in [0, 0.1) is 12.3 Å². The second-order valence-corrected chi connectivity index (χ2v) is 4.89. The van der Waals surface area contributed by atoms with E-state index in [4.69, 9.17) is 11.2 Å². The number of benzene rings is 1. The Hall–Kier alpha value is -1.46. The Balaban J connectivity index is 2.37. The van der Waals surface area contributed by atoms with Crippen LogP contribution in [0.1, 0.15) is 19.4 Å². The molecule has 0 atom stereocenters. The molecule has 0 N–H and O–H groups in total. The van der Waals surface area contributed by atoms with Crippen molar-refractivity contribution in [2.45, 2.75) is 19.3 Å². The topological polar surface area (TPSA) is 12.5 Å². The minimum absolute atomic E-state index is 0.227. The van der Waals surface area contributed by atoms with Crippen LogP contribution in [0.25, 0.3) is 0 Å². The molecule has 90 valence electrons. The van der Waals surface area contributed by atoms with E-state index in [2.05, 4.69) is 48.9 Å². The fourth-order valence-corrected chi connectivity index (χ4v) is 2.16. The van der Waals surface area contributed by atoms with Crippen molar-refractivity contribution in [2.75, 3.05) is 31.2 Å². The lowest BCUT2D eigenvalue weighted by Crippen LogP contribution is -2.37. The van der Waals surface area contributed by atoms with Gasteiger partial charge in [-0.2, -0.15) is 0 Å². The molecule has 1 aliphatic heterocycles. The van der Waals surface area contributed by atoms with E-state index in [1.807, 2.05) is 0 Å². The minimum atomic E-state index is -0.227. The van der Waals surface area contributed by atoms with Gasteiger partial charge in [-0.15, -0.1) is 6.42 Å². The normalized spacial score (nSPS) is 16.6. The lowest BCUT2D eigenvalue weighted by molar-refractivity contribution is 0.122. The predicted molar refractivity (Wildman–Crippen MR) is 71.3 cm³/mol. The Morgan fingerprint density at radius 1 is 1.24 bits per heavy atom. The van der Waals surface area contributed by atoms with E-state index >= 15 is 0 Å². The first-order chi connectivity index (χ1) is 8.15. The van der Waals surface area contributed by atoms with Gasteiger partial charge < -0.3 is 9.64 Å². The zero-order valence-corrected chi connectivity index (χ0v) is 10.6. The van der Waals surface area contributed by atoms with Crippen LogP contribution >= 0.6 is 0 Å². The number of terminal acetylenes is 1. The third-order valence-electron chi connectivity index (χ3n) is 3.29. The summed E-state index contributed by atoms with van der Waals surface area (Å²) in [6, 6.07) is 8.41. The number of hydrogen-bond acceptors (Lipinski definition) is 2. The molecular weight excluding hydrogens is 210 g/mol. The third kappa shape index (κ3) is 2.45. The average molecular weight is 229 g/mol. The minimum Gasteiger partial charge on any atom is -0.378 e. The highest BCUT2D eigenvalue weighted by Crippen LogP contribution is 2.32. The molecule has 0 saturated carbocycles. The molecule has 0 amide bonds. The van der Waals surface area contributed by atoms with Gasteiger partial charge in [-0.05, 0) is 25.5 Å². The molecule has 0 unspecified atom stereocenters. The summed E-state index contributed by atoms with van der Waals surface area (Å²) in [6.07, 6.45) is 5.64. The van der Waals surface area contributed by atoms with Crippen LogP contribution in [0.3, 0.4) is 0 Å². The van der Waals surface area contributed by atoms with Crippen LogP contribution in [-0.4, -0.2) is 26.3 Å². The quantitative estimate of drug-likeness (QED) is 0.722. The van der Waals surface area contributed by atoms with E-state index in [9.17, 15) is 0 Å². The molecule has 2 nitrogen and oxygen atoms in total. The van der Waals surface area contributed by atoms with Gasteiger partial charge >= 0.3 is 0 Å². The van der Waals surface area contributed by atoms with Crippen LogP contribution < -0.4 is 4.90 Å². The smallest absolute Gasteiger partial charge is 0.0642 e. The number of hydrogen-bond donors (Lipinski definition) is 0. The van der Waals surface area contributed by atoms with Gasteiger partial charge in [-0.1, -0.05) is 24.1 Å². The fraction of sp³-hybridized carbons (Fsp3) is 0.467. The largest absolute Gasteiger partial charge is 0.378 e. The SMILES string of the molecule is C#CC(C)(C)c1ccccc1N1CCOCC1. The van der Waals surface area contributed by atoms with Crippen molar-refractivity contribution in [2.24, 2.45) is 0 Å². The number of anilines is 1. The van der Waals surface area contributed by atoms with Gasteiger partial charge in [0.05, 0.1) is 18.6 Å². The standard InChI is InChI=1S/C15H19NO/c1-4-15(2,3)13-7-5-6-8-14(13)16-9-11-17-12-10-16/h1,5-8H,9-12H2,2-3H3. The van der Waals surface area contributed by atoms with Crippen molar-refractivity contribution in [1.29, 1.82) is 0 Å². The Kier molecular flexibility index (Phi) is 3.40. The summed E-state index contributed by atoms with van der Waals surface area (Å²) < 4.78 is 5.39. The van der Waals surface area contributed by atoms with Gasteiger partial charge in [0.25, 0.3) is 0 Å². The molecule has 0 radical (unpaired) electrons. The second-order valence-electron chi connectivity index (χ2n) is 4.89. The van der Waals surface area contributed by atoms with Crippen LogP contribution in [0.15, 0.2) is 24.3 Å². The number of rotatable bonds is 2. The van der Waals surface area contributed by atoms with Gasteiger partial charge in [0.15, 0.2) is 0 Å². The molecule has 1 fully saturated rings. The van der Waals surface area contributed by atoms with Gasteiger partial charge in [0.2, 0.25) is 0 Å². The number of morpholine rings is 1. The van der Waals surface area contributed by atoms with Gasteiger partial charge in [0, 0.05) is 18.8 Å². The van der Waals surface area contributed by atoms with E-state index in [0.29, 0.717) is 0 Å². The summed E-state index contributed by atoms with van der Waals surface area (Å²) in [5, 5.41) is 0. The highest BCUT2D eigenvalue weighted by molar-refractivity contribution is 5.58. The van der Waals surface area contributed by atoms with Crippen molar-refractivity contribution in [3.05, 3.63) is 29.8 Å². The highest BCUT2D eigenvalue weighted by Gasteiger charge is 2.23. The highest BCUT2D eigenvalue weighted by atomic mass is 16.5. The van der Waals surface area contributed by atoms with Gasteiger partial charge in [0.1, 0.15) is 0 Å². The molecule has 1 aromatic carbocycles. The second kappa shape index (κ2) is 4.81. The Morgan fingerprint density at radius 2 is 1.88 bits per heavy atom. The lowest BCUT2D eigenvalue weighted by Gasteiger charge is -2.33. The maximum absolute atomic E-state index is 5.64. The van der Waals surface area contributed by atoms with Gasteiger partial charge in [-0.25, -0.2) is 0 Å². The predicted octanol–water partition coefficient (Wildman–Crippen LogP) is 2.43. The summed E-state index contributed by atoms with van der Waals surface area (Å²) in [7, 11) is 0. The Morgan fingerprint density at radius 3 is 2.53 bits per heavy atom. The molecular formula is C15H19NO. The number of ether oxygens (including phenoxy) is 1. The van der Waals surface area contributed by atoms with Crippen molar-refractivity contribution in [3.8, 4) is 12.3 Å². The van der Waals surface area contributed by atoms with Crippen LogP contribution in [-0.2, 0) is 10.2 Å². The zero-order valence-electron chi connectivity index (χ0n) is 10.6. The molecule has 2 rings (SSSR count). The van der Waals surface area contributed by atoms with Crippen molar-refractivity contribution in [1.82, 2.24) is 0 Å². The van der Waals surface area contributed by atoms with Crippen LogP contribution in [0.2, 0.25) is 0 Å². The first-order valence-electron chi connectivity index (χ1n) is 6.05. The van der Waals surface area contributed by atoms with E-state index in [0.717, 1.165) is 26.3 Å². The zero-order chi connectivity index (χ0) is 12.3. The molecule has 0 spiro atoms. The average Bonchev–Trinajstić information content (AvgIpc) is 2.40. The number of para-hydroxylation sites is 1. The molecule has 1 heterocycles. The molecule has 2 heteroatoms. The molecule has 1 saturated heterocycles. The van der Waals surface area contributed by atoms with Crippen molar-refractivity contribution in [3.63, 3.8) is 0 Å². The third-order valence-corrected chi connectivity index (χ3v) is 3.29. The number of nitrogens with zero attached hydrogens (tertiary/aromatic N) is 1. The molecule has 0 aliphatic carbocycles. The first-order valence-corrected chi connectivity index (χ1v) is 6.05. The maximum Gasteiger partial charge on any atom is 0.0642 e. The summed E-state index contributed by atoms with van der Waals surface area (Å²) in [5.74, 6) is 2.88. The Bertz CT molecular complexity index is 425. The summed E-state index contributed by atoms with van der Waals surface area (Å²) in [4.78, 5) is 2.36. The van der Waals surface area contributed by atoms with E-state index in [1.54, 1.807) is 0 Å². The van der Waals surface area contributed by atoms with Crippen molar-refractivity contribution >= 4 is 5.69 Å². The molecule has 1 aliphatic rings. The van der Waals surface area contributed by atoms with Crippen molar-refractivity contribution < 1.29 is 4.74 Å². The summed E-state index contributed by atoms with van der Waals surface area (Å²) in [6.45, 7) is 7.66. The maximum atomic E-state index is 5.64. The molecule has 17 heavy (non-hydrogen) atoms. The first kappa shape index (κ1) is 12.0. The lowest BCUT2D eigenvalue weighted by atomic mass is 9.84. The Labute approximate surface area is 104 Å². The van der Waals surface area contributed by atoms with Crippen LogP contribution in [0.4, 0.5) is 5.69 Å². The van der Waals surface area contributed by atoms with E-state index in [1.165, 1.54) is 11.3 Å². The molecule has 0 bridgehead atoms. The summed E-state index contributed by atoms with van der Waals surface area (Å²) >= 11 is 0. The monoisotopic (exact) mass is 229 g/mol. The fourth-order valence-electron chi connectivity index (χ4n) is 2.16. The van der Waals surface area contributed by atoms with E-state index < -0.39 is 0 Å². The van der Waals surface area contributed by atoms with Crippen LogP contribution in [0.5, 0.6) is 0 Å². The molecule has 1 aromatic rings. The van der Waals surface area contributed by atoms with E-state index in [-0.39, 0.29) is 5.41 Å². The summed E-state index contributed by atoms with van der Waals surface area (Å²) in [5.41, 5.74) is 2.25.